The predicted octanol–water partition coefficient (Wildman–Crippen LogP) is 2.25. The monoisotopic (exact) mass is 283 g/mol. The molecule has 3 N–H and O–H groups in total. The number of carbonyl (C=O) groups is 1. The number of amides is 1. The van der Waals surface area contributed by atoms with E-state index in [-0.39, 0.29) is 17.3 Å². The zero-order valence-electron chi connectivity index (χ0n) is 10.9. The third kappa shape index (κ3) is 4.13. The Hall–Kier alpha value is -1.76. The van der Waals surface area contributed by atoms with Gasteiger partial charge < -0.3 is 11.1 Å². The third-order valence-corrected chi connectivity index (χ3v) is 3.43. The van der Waals surface area contributed by atoms with Crippen LogP contribution < -0.4 is 11.1 Å². The van der Waals surface area contributed by atoms with E-state index in [2.05, 4.69) is 5.32 Å². The molecule has 0 fully saturated rings. The second-order valence-corrected chi connectivity index (χ2v) is 4.97. The van der Waals surface area contributed by atoms with Gasteiger partial charge in [0.1, 0.15) is 5.69 Å². The molecule has 0 aliphatic heterocycles. The minimum Gasteiger partial charge on any atom is -0.376 e. The van der Waals surface area contributed by atoms with Gasteiger partial charge >= 0.3 is 0 Å². The van der Waals surface area contributed by atoms with Gasteiger partial charge in [-0.15, -0.1) is 0 Å². The second kappa shape index (κ2) is 6.98. The molecule has 0 saturated carbocycles. The number of carbonyl (C=O) groups excluding carboxylic acids is 1. The smallest absolute Gasteiger partial charge is 0.292 e. The fourth-order valence-electron chi connectivity index (χ4n) is 1.65. The number of primary amides is 1. The number of nitro groups is 1. The summed E-state index contributed by atoms with van der Waals surface area (Å²) >= 11 is 1.65. The second-order valence-electron chi connectivity index (χ2n) is 4.06. The van der Waals surface area contributed by atoms with E-state index >= 15 is 0 Å². The van der Waals surface area contributed by atoms with Crippen molar-refractivity contribution < 1.29 is 9.72 Å². The molecule has 1 unspecified atom stereocenters. The Kier molecular flexibility index (Phi) is 5.62. The van der Waals surface area contributed by atoms with Crippen molar-refractivity contribution in [1.82, 2.24) is 0 Å². The van der Waals surface area contributed by atoms with Gasteiger partial charge in [0.25, 0.3) is 5.69 Å². The topological polar surface area (TPSA) is 98.3 Å². The molecule has 104 valence electrons. The molecule has 1 amide bonds. The number of hydrogen-bond acceptors (Lipinski definition) is 5. The first-order chi connectivity index (χ1) is 8.99. The number of anilines is 1. The fourth-order valence-corrected chi connectivity index (χ4v) is 2.37. The Morgan fingerprint density at radius 3 is 2.74 bits per heavy atom. The Bertz CT molecular complexity index is 479. The van der Waals surface area contributed by atoms with Crippen LogP contribution in [0.5, 0.6) is 0 Å². The molecule has 1 aromatic carbocycles. The van der Waals surface area contributed by atoms with Crippen molar-refractivity contribution in [1.29, 1.82) is 0 Å². The predicted molar refractivity (Wildman–Crippen MR) is 77.7 cm³/mol. The summed E-state index contributed by atoms with van der Waals surface area (Å²) < 4.78 is 0. The summed E-state index contributed by atoms with van der Waals surface area (Å²) in [6.07, 6.45) is 2.80. The quantitative estimate of drug-likeness (QED) is 0.590. The summed E-state index contributed by atoms with van der Waals surface area (Å²) in [5.41, 5.74) is 5.73. The van der Waals surface area contributed by atoms with Crippen molar-refractivity contribution in [2.45, 2.75) is 19.4 Å². The molecule has 0 bridgehead atoms. The summed E-state index contributed by atoms with van der Waals surface area (Å²) in [5.74, 6) is 0.227. The molecule has 1 atom stereocenters. The normalized spacial score (nSPS) is 11.9. The largest absolute Gasteiger partial charge is 0.376 e. The highest BCUT2D eigenvalue weighted by atomic mass is 32.2. The molecule has 1 aromatic rings. The maximum Gasteiger partial charge on any atom is 0.292 e. The van der Waals surface area contributed by atoms with E-state index in [1.54, 1.807) is 11.8 Å². The number of benzene rings is 1. The first kappa shape index (κ1) is 15.3. The molecular weight excluding hydrogens is 266 g/mol. The zero-order chi connectivity index (χ0) is 14.4. The van der Waals surface area contributed by atoms with Gasteiger partial charge in [0.15, 0.2) is 0 Å². The van der Waals surface area contributed by atoms with Crippen LogP contribution in [0, 0.1) is 10.1 Å². The number of nitrogens with two attached hydrogens (primary N) is 1. The maximum absolute atomic E-state index is 11.1. The van der Waals surface area contributed by atoms with Crippen LogP contribution in [0.1, 0.15) is 23.7 Å². The number of thioether (sulfide) groups is 1. The minimum atomic E-state index is -0.601. The lowest BCUT2D eigenvalue weighted by molar-refractivity contribution is -0.384. The van der Waals surface area contributed by atoms with Crippen LogP contribution in [0.2, 0.25) is 0 Å². The molecule has 0 radical (unpaired) electrons. The summed E-state index contributed by atoms with van der Waals surface area (Å²) in [6, 6.07) is 4.20. The van der Waals surface area contributed by atoms with Crippen LogP contribution in [0.3, 0.4) is 0 Å². The molecule has 0 heterocycles. The van der Waals surface area contributed by atoms with Gasteiger partial charge in [-0.25, -0.2) is 0 Å². The SMILES string of the molecule is CCC(CSC)Nc1cc(C(N)=O)ccc1[N+](=O)[O-]. The van der Waals surface area contributed by atoms with Crippen molar-refractivity contribution in [3.63, 3.8) is 0 Å². The molecular formula is C12H17N3O3S. The highest BCUT2D eigenvalue weighted by Gasteiger charge is 2.18. The molecule has 0 saturated heterocycles. The highest BCUT2D eigenvalue weighted by Crippen LogP contribution is 2.27. The van der Waals surface area contributed by atoms with E-state index in [0.717, 1.165) is 12.2 Å². The number of hydrogen-bond donors (Lipinski definition) is 2. The number of nitrogens with zero attached hydrogens (tertiary/aromatic N) is 1. The van der Waals surface area contributed by atoms with Crippen molar-refractivity contribution in [3.8, 4) is 0 Å². The number of nitrogens with one attached hydrogen (secondary N) is 1. The van der Waals surface area contributed by atoms with E-state index in [4.69, 9.17) is 5.73 Å². The van der Waals surface area contributed by atoms with Crippen molar-refractivity contribution in [3.05, 3.63) is 33.9 Å². The lowest BCUT2D eigenvalue weighted by Gasteiger charge is -2.17. The van der Waals surface area contributed by atoms with E-state index in [9.17, 15) is 14.9 Å². The number of rotatable bonds is 7. The molecule has 1 rings (SSSR count). The molecule has 19 heavy (non-hydrogen) atoms. The highest BCUT2D eigenvalue weighted by molar-refractivity contribution is 7.98. The van der Waals surface area contributed by atoms with Gasteiger partial charge in [-0.1, -0.05) is 6.92 Å². The average Bonchev–Trinajstić information content (AvgIpc) is 2.37. The summed E-state index contributed by atoms with van der Waals surface area (Å²) in [5, 5.41) is 14.1. The summed E-state index contributed by atoms with van der Waals surface area (Å²) in [7, 11) is 0. The van der Waals surface area contributed by atoms with Crippen molar-refractivity contribution in [2.75, 3.05) is 17.3 Å². The zero-order valence-corrected chi connectivity index (χ0v) is 11.7. The van der Waals surface area contributed by atoms with Crippen LogP contribution in [-0.4, -0.2) is 28.9 Å². The standard InChI is InChI=1S/C12H17N3O3S/c1-3-9(7-19-2)14-10-6-8(12(13)16)4-5-11(10)15(17)18/h4-6,9,14H,3,7H2,1-2H3,(H2,13,16). The average molecular weight is 283 g/mol. The van der Waals surface area contributed by atoms with Crippen LogP contribution in [0.15, 0.2) is 18.2 Å². The number of nitro benzene ring substituents is 1. The van der Waals surface area contributed by atoms with Crippen LogP contribution in [0.4, 0.5) is 11.4 Å². The van der Waals surface area contributed by atoms with Crippen molar-refractivity contribution >= 4 is 29.0 Å². The molecule has 0 aliphatic carbocycles. The van der Waals surface area contributed by atoms with Gasteiger partial charge in [-0.3, -0.25) is 14.9 Å². The molecule has 7 heteroatoms. The lowest BCUT2D eigenvalue weighted by Crippen LogP contribution is -2.22. The first-order valence-corrected chi connectivity index (χ1v) is 7.22. The Labute approximate surface area is 115 Å². The molecule has 6 nitrogen and oxygen atoms in total. The van der Waals surface area contributed by atoms with Gasteiger partial charge in [-0.2, -0.15) is 11.8 Å². The first-order valence-electron chi connectivity index (χ1n) is 5.83. The minimum absolute atomic E-state index is 0.0513. The van der Waals surface area contributed by atoms with E-state index in [1.165, 1.54) is 18.2 Å². The molecule has 0 aliphatic rings. The molecule has 0 aromatic heterocycles. The van der Waals surface area contributed by atoms with Gasteiger partial charge in [0.05, 0.1) is 4.92 Å². The Morgan fingerprint density at radius 1 is 1.58 bits per heavy atom. The third-order valence-electron chi connectivity index (χ3n) is 2.70. The van der Waals surface area contributed by atoms with Gasteiger partial charge in [0, 0.05) is 23.4 Å². The van der Waals surface area contributed by atoms with Gasteiger partial charge in [-0.05, 0) is 24.8 Å². The van der Waals surface area contributed by atoms with Crippen LogP contribution in [0.25, 0.3) is 0 Å². The van der Waals surface area contributed by atoms with Crippen LogP contribution >= 0.6 is 11.8 Å². The van der Waals surface area contributed by atoms with E-state index in [1.807, 2.05) is 13.2 Å². The van der Waals surface area contributed by atoms with E-state index < -0.39 is 10.8 Å². The lowest BCUT2D eigenvalue weighted by atomic mass is 10.1. The maximum atomic E-state index is 11.1. The fraction of sp³-hybridized carbons (Fsp3) is 0.417. The molecule has 0 spiro atoms. The Balaban J connectivity index is 3.09. The Morgan fingerprint density at radius 2 is 2.26 bits per heavy atom. The van der Waals surface area contributed by atoms with Crippen molar-refractivity contribution in [2.24, 2.45) is 5.73 Å². The summed E-state index contributed by atoms with van der Waals surface area (Å²) in [6.45, 7) is 2.00. The van der Waals surface area contributed by atoms with Crippen LogP contribution in [-0.2, 0) is 0 Å². The summed E-state index contributed by atoms with van der Waals surface area (Å²) in [4.78, 5) is 21.6. The van der Waals surface area contributed by atoms with E-state index in [0.29, 0.717) is 5.69 Å². The van der Waals surface area contributed by atoms with Gasteiger partial charge in [0.2, 0.25) is 5.91 Å².